The van der Waals surface area contributed by atoms with Gasteiger partial charge in [-0.2, -0.15) is 0 Å². The summed E-state index contributed by atoms with van der Waals surface area (Å²) in [7, 11) is 0. The van der Waals surface area contributed by atoms with Crippen molar-refractivity contribution < 1.29 is 4.39 Å². The summed E-state index contributed by atoms with van der Waals surface area (Å²) in [5, 5.41) is 0.168. The van der Waals surface area contributed by atoms with Crippen LogP contribution in [0.25, 0.3) is 0 Å². The zero-order valence-corrected chi connectivity index (χ0v) is 11.1. The molecule has 2 unspecified atom stereocenters. The standard InChI is InChI=1S/C13H20ClFN2/c1-3-5-9(2)12(17-16)8-10-6-4-7-11(14)13(10)15/h4,6-7,9,12,17H,3,5,8,16H2,1-2H3. The lowest BCUT2D eigenvalue weighted by molar-refractivity contribution is 0.353. The van der Waals surface area contributed by atoms with Gasteiger partial charge in [-0.1, -0.05) is 44.0 Å². The molecule has 0 saturated carbocycles. The molecule has 1 rings (SSSR count). The van der Waals surface area contributed by atoms with Crippen LogP contribution in [0.1, 0.15) is 32.3 Å². The average molecular weight is 259 g/mol. The topological polar surface area (TPSA) is 38.0 Å². The van der Waals surface area contributed by atoms with Crippen LogP contribution >= 0.6 is 11.6 Å². The molecule has 0 aliphatic rings. The van der Waals surface area contributed by atoms with Crippen molar-refractivity contribution in [2.45, 2.75) is 39.2 Å². The molecule has 2 atom stereocenters. The minimum atomic E-state index is -0.335. The molecule has 0 spiro atoms. The molecule has 0 aliphatic carbocycles. The molecule has 3 N–H and O–H groups in total. The van der Waals surface area contributed by atoms with Crippen LogP contribution in [0.3, 0.4) is 0 Å². The highest BCUT2D eigenvalue weighted by Gasteiger charge is 2.18. The Kier molecular flexibility index (Phi) is 5.89. The molecule has 1 aromatic carbocycles. The van der Waals surface area contributed by atoms with E-state index >= 15 is 0 Å². The van der Waals surface area contributed by atoms with Crippen LogP contribution < -0.4 is 11.3 Å². The van der Waals surface area contributed by atoms with Gasteiger partial charge < -0.3 is 0 Å². The fourth-order valence-electron chi connectivity index (χ4n) is 2.02. The van der Waals surface area contributed by atoms with E-state index in [0.717, 1.165) is 12.8 Å². The Morgan fingerprint density at radius 3 is 2.76 bits per heavy atom. The first kappa shape index (κ1) is 14.4. The van der Waals surface area contributed by atoms with Gasteiger partial charge in [-0.05, 0) is 30.4 Å². The van der Waals surface area contributed by atoms with Crippen molar-refractivity contribution in [1.82, 2.24) is 5.43 Å². The van der Waals surface area contributed by atoms with Crippen molar-refractivity contribution in [3.05, 3.63) is 34.6 Å². The molecule has 0 aromatic heterocycles. The van der Waals surface area contributed by atoms with Gasteiger partial charge in [-0.15, -0.1) is 0 Å². The maximum atomic E-state index is 13.7. The first-order chi connectivity index (χ1) is 8.10. The quantitative estimate of drug-likeness (QED) is 0.607. The van der Waals surface area contributed by atoms with E-state index in [2.05, 4.69) is 19.3 Å². The number of hydrazine groups is 1. The predicted octanol–water partition coefficient (Wildman–Crippen LogP) is 3.29. The van der Waals surface area contributed by atoms with E-state index in [1.807, 2.05) is 0 Å². The summed E-state index contributed by atoms with van der Waals surface area (Å²) in [6, 6.07) is 5.15. The third-order valence-electron chi connectivity index (χ3n) is 3.12. The van der Waals surface area contributed by atoms with Crippen LogP contribution in [-0.2, 0) is 6.42 Å². The van der Waals surface area contributed by atoms with Gasteiger partial charge in [0.1, 0.15) is 5.82 Å². The molecule has 1 aromatic rings. The Bertz CT molecular complexity index is 357. The Morgan fingerprint density at radius 1 is 1.47 bits per heavy atom. The number of halogens is 2. The Morgan fingerprint density at radius 2 is 2.18 bits per heavy atom. The zero-order valence-electron chi connectivity index (χ0n) is 10.3. The van der Waals surface area contributed by atoms with Crippen LogP contribution in [0.2, 0.25) is 5.02 Å². The van der Waals surface area contributed by atoms with Crippen LogP contribution in [0.4, 0.5) is 4.39 Å². The second kappa shape index (κ2) is 6.94. The fraction of sp³-hybridized carbons (Fsp3) is 0.538. The van der Waals surface area contributed by atoms with Gasteiger partial charge >= 0.3 is 0 Å². The average Bonchev–Trinajstić information content (AvgIpc) is 2.31. The molecule has 96 valence electrons. The summed E-state index contributed by atoms with van der Waals surface area (Å²) in [6.07, 6.45) is 2.72. The van der Waals surface area contributed by atoms with Gasteiger partial charge in [0.05, 0.1) is 5.02 Å². The van der Waals surface area contributed by atoms with E-state index in [4.69, 9.17) is 17.4 Å². The minimum absolute atomic E-state index is 0.0721. The Balaban J connectivity index is 2.77. The summed E-state index contributed by atoms with van der Waals surface area (Å²) >= 11 is 5.75. The molecule has 0 heterocycles. The maximum Gasteiger partial charge on any atom is 0.145 e. The number of nitrogens with two attached hydrogens (primary N) is 1. The highest BCUT2D eigenvalue weighted by atomic mass is 35.5. The molecular weight excluding hydrogens is 239 g/mol. The maximum absolute atomic E-state index is 13.7. The molecule has 17 heavy (non-hydrogen) atoms. The van der Waals surface area contributed by atoms with Gasteiger partial charge in [0.2, 0.25) is 0 Å². The highest BCUT2D eigenvalue weighted by molar-refractivity contribution is 6.30. The number of hydrogen-bond acceptors (Lipinski definition) is 2. The highest BCUT2D eigenvalue weighted by Crippen LogP contribution is 2.21. The van der Waals surface area contributed by atoms with Crippen LogP contribution in [0.15, 0.2) is 18.2 Å². The molecule has 0 amide bonds. The van der Waals surface area contributed by atoms with Crippen molar-refractivity contribution in [3.8, 4) is 0 Å². The number of rotatable bonds is 6. The summed E-state index contributed by atoms with van der Waals surface area (Å²) in [6.45, 7) is 4.25. The van der Waals surface area contributed by atoms with E-state index in [0.29, 0.717) is 17.9 Å². The van der Waals surface area contributed by atoms with Gasteiger partial charge in [0.15, 0.2) is 0 Å². The lowest BCUT2D eigenvalue weighted by atomic mass is 9.92. The van der Waals surface area contributed by atoms with Gasteiger partial charge in [-0.25, -0.2) is 4.39 Å². The molecular formula is C13H20ClFN2. The normalized spacial score (nSPS) is 14.6. The van der Waals surface area contributed by atoms with Crippen molar-refractivity contribution in [3.63, 3.8) is 0 Å². The molecule has 0 bridgehead atoms. The minimum Gasteiger partial charge on any atom is -0.271 e. The van der Waals surface area contributed by atoms with E-state index in [1.54, 1.807) is 18.2 Å². The second-order valence-electron chi connectivity index (χ2n) is 4.46. The van der Waals surface area contributed by atoms with Gasteiger partial charge in [0.25, 0.3) is 0 Å². The Labute approximate surface area is 107 Å². The first-order valence-electron chi connectivity index (χ1n) is 5.99. The molecule has 2 nitrogen and oxygen atoms in total. The zero-order chi connectivity index (χ0) is 12.8. The van der Waals surface area contributed by atoms with Crippen LogP contribution in [0.5, 0.6) is 0 Å². The van der Waals surface area contributed by atoms with E-state index in [-0.39, 0.29) is 16.9 Å². The molecule has 0 fully saturated rings. The van der Waals surface area contributed by atoms with Crippen LogP contribution in [-0.4, -0.2) is 6.04 Å². The predicted molar refractivity (Wildman–Crippen MR) is 70.3 cm³/mol. The largest absolute Gasteiger partial charge is 0.271 e. The third-order valence-corrected chi connectivity index (χ3v) is 3.41. The molecule has 4 heteroatoms. The summed E-state index contributed by atoms with van der Waals surface area (Å²) < 4.78 is 13.7. The molecule has 0 aliphatic heterocycles. The van der Waals surface area contributed by atoms with Gasteiger partial charge in [-0.3, -0.25) is 11.3 Å². The van der Waals surface area contributed by atoms with E-state index < -0.39 is 0 Å². The number of benzene rings is 1. The molecule has 0 radical (unpaired) electrons. The number of nitrogens with one attached hydrogen (secondary N) is 1. The van der Waals surface area contributed by atoms with Crippen molar-refractivity contribution >= 4 is 11.6 Å². The monoisotopic (exact) mass is 258 g/mol. The smallest absolute Gasteiger partial charge is 0.145 e. The lowest BCUT2D eigenvalue weighted by Crippen LogP contribution is -2.41. The van der Waals surface area contributed by atoms with Crippen LogP contribution in [0, 0.1) is 11.7 Å². The lowest BCUT2D eigenvalue weighted by Gasteiger charge is -2.23. The van der Waals surface area contributed by atoms with Crippen molar-refractivity contribution in [1.29, 1.82) is 0 Å². The molecule has 0 saturated heterocycles. The van der Waals surface area contributed by atoms with Crippen molar-refractivity contribution in [2.24, 2.45) is 11.8 Å². The summed E-state index contributed by atoms with van der Waals surface area (Å²) in [4.78, 5) is 0. The number of hydrogen-bond donors (Lipinski definition) is 2. The third kappa shape index (κ3) is 3.95. The van der Waals surface area contributed by atoms with Crippen molar-refractivity contribution in [2.75, 3.05) is 0 Å². The second-order valence-corrected chi connectivity index (χ2v) is 4.86. The SMILES string of the molecule is CCCC(C)C(Cc1cccc(Cl)c1F)NN. The summed E-state index contributed by atoms with van der Waals surface area (Å²) in [5.41, 5.74) is 3.39. The first-order valence-corrected chi connectivity index (χ1v) is 6.37. The van der Waals surface area contributed by atoms with E-state index in [1.165, 1.54) is 0 Å². The fourth-order valence-corrected chi connectivity index (χ4v) is 2.22. The summed E-state index contributed by atoms with van der Waals surface area (Å²) in [5.74, 6) is 5.61. The van der Waals surface area contributed by atoms with E-state index in [9.17, 15) is 4.39 Å². The Hall–Kier alpha value is -0.640. The van der Waals surface area contributed by atoms with Gasteiger partial charge in [0, 0.05) is 6.04 Å².